The van der Waals surface area contributed by atoms with Gasteiger partial charge in [0.1, 0.15) is 17.1 Å². The van der Waals surface area contributed by atoms with E-state index < -0.39 is 41.2 Å². The number of benzene rings is 1. The fourth-order valence-electron chi connectivity index (χ4n) is 3.43. The molecule has 0 aliphatic carbocycles. The lowest BCUT2D eigenvalue weighted by Crippen LogP contribution is -2.52. The van der Waals surface area contributed by atoms with Crippen molar-refractivity contribution >= 4 is 17.2 Å². The van der Waals surface area contributed by atoms with Crippen LogP contribution < -0.4 is 5.43 Å². The number of hydrazone groups is 1. The highest BCUT2D eigenvalue weighted by Gasteiger charge is 2.48. The summed E-state index contributed by atoms with van der Waals surface area (Å²) >= 11 is 0. The van der Waals surface area contributed by atoms with Crippen molar-refractivity contribution in [2.45, 2.75) is 44.1 Å². The zero-order valence-corrected chi connectivity index (χ0v) is 15.3. The van der Waals surface area contributed by atoms with E-state index in [4.69, 9.17) is 5.26 Å². The molecule has 0 saturated carbocycles. The van der Waals surface area contributed by atoms with Crippen LogP contribution in [0.5, 0.6) is 0 Å². The SMILES string of the molecule is CC1(/C(=N/c2ccc(C#N)c(C(F)(F)F)c2)N2CCCC2)CC(C(F)(F)F)=NN1. The van der Waals surface area contributed by atoms with Gasteiger partial charge in [-0.3, -0.25) is 5.43 Å². The summed E-state index contributed by atoms with van der Waals surface area (Å²) in [5.41, 5.74) is -1.62. The first-order valence-electron chi connectivity index (χ1n) is 8.80. The maximum Gasteiger partial charge on any atom is 0.431 e. The zero-order chi connectivity index (χ0) is 21.4. The Morgan fingerprint density at radius 1 is 1.17 bits per heavy atom. The lowest BCUT2D eigenvalue weighted by atomic mass is 9.94. The summed E-state index contributed by atoms with van der Waals surface area (Å²) < 4.78 is 78.9. The Kier molecular flexibility index (Phi) is 5.23. The van der Waals surface area contributed by atoms with E-state index in [1.54, 1.807) is 4.90 Å². The van der Waals surface area contributed by atoms with Gasteiger partial charge >= 0.3 is 12.4 Å². The van der Waals surface area contributed by atoms with E-state index in [9.17, 15) is 26.3 Å². The fourth-order valence-corrected chi connectivity index (χ4v) is 3.43. The smallest absolute Gasteiger partial charge is 0.358 e. The number of nitriles is 1. The van der Waals surface area contributed by atoms with Gasteiger partial charge in [0.15, 0.2) is 0 Å². The average Bonchev–Trinajstić information content (AvgIpc) is 3.28. The van der Waals surface area contributed by atoms with Crippen molar-refractivity contribution in [3.05, 3.63) is 29.3 Å². The molecular formula is C18H17F6N5. The van der Waals surface area contributed by atoms with Crippen molar-refractivity contribution in [2.75, 3.05) is 13.1 Å². The van der Waals surface area contributed by atoms with Crippen molar-refractivity contribution in [2.24, 2.45) is 10.1 Å². The number of halogens is 6. The largest absolute Gasteiger partial charge is 0.431 e. The molecule has 0 radical (unpaired) electrons. The van der Waals surface area contributed by atoms with E-state index in [2.05, 4.69) is 15.5 Å². The zero-order valence-electron chi connectivity index (χ0n) is 15.3. The molecule has 1 fully saturated rings. The van der Waals surface area contributed by atoms with E-state index in [1.165, 1.54) is 19.1 Å². The number of hydrogen-bond donors (Lipinski definition) is 1. The second kappa shape index (κ2) is 7.24. The topological polar surface area (TPSA) is 63.8 Å². The summed E-state index contributed by atoms with van der Waals surface area (Å²) in [6, 6.07) is 4.47. The van der Waals surface area contributed by atoms with Crippen molar-refractivity contribution in [1.82, 2.24) is 10.3 Å². The highest BCUT2D eigenvalue weighted by atomic mass is 19.4. The van der Waals surface area contributed by atoms with Crippen LogP contribution in [0.1, 0.15) is 37.3 Å². The monoisotopic (exact) mass is 417 g/mol. The molecule has 11 heteroatoms. The molecule has 1 N–H and O–H groups in total. The molecule has 0 aromatic heterocycles. The van der Waals surface area contributed by atoms with Crippen LogP contribution in [0.4, 0.5) is 32.0 Å². The minimum absolute atomic E-state index is 0.0956. The van der Waals surface area contributed by atoms with Gasteiger partial charge in [-0.05, 0) is 38.0 Å². The van der Waals surface area contributed by atoms with Crippen molar-refractivity contribution < 1.29 is 26.3 Å². The van der Waals surface area contributed by atoms with Crippen LogP contribution in [0.15, 0.2) is 28.3 Å². The van der Waals surface area contributed by atoms with Crippen molar-refractivity contribution in [1.29, 1.82) is 5.26 Å². The molecule has 2 aliphatic heterocycles. The van der Waals surface area contributed by atoms with Gasteiger partial charge in [0.2, 0.25) is 0 Å². The number of amidine groups is 1. The number of rotatable bonds is 2. The summed E-state index contributed by atoms with van der Waals surface area (Å²) in [6.45, 7) is 2.54. The van der Waals surface area contributed by atoms with E-state index in [0.717, 1.165) is 25.0 Å². The molecule has 1 saturated heterocycles. The summed E-state index contributed by atoms with van der Waals surface area (Å²) in [5, 5.41) is 12.3. The molecular weight excluding hydrogens is 400 g/mol. The third-order valence-corrected chi connectivity index (χ3v) is 4.85. The molecule has 1 atom stereocenters. The Morgan fingerprint density at radius 2 is 1.83 bits per heavy atom. The van der Waals surface area contributed by atoms with Gasteiger partial charge in [-0.2, -0.15) is 36.7 Å². The summed E-state index contributed by atoms with van der Waals surface area (Å²) in [6.07, 6.45) is -8.27. The number of alkyl halides is 6. The van der Waals surface area contributed by atoms with Gasteiger partial charge in [0.25, 0.3) is 0 Å². The van der Waals surface area contributed by atoms with Gasteiger partial charge in [-0.25, -0.2) is 4.99 Å². The van der Waals surface area contributed by atoms with Crippen molar-refractivity contribution in [3.8, 4) is 6.07 Å². The highest BCUT2D eigenvalue weighted by molar-refractivity contribution is 6.02. The lowest BCUT2D eigenvalue weighted by molar-refractivity contribution is -0.137. The molecule has 1 aromatic rings. The molecule has 156 valence electrons. The van der Waals surface area contributed by atoms with Crippen LogP contribution in [0.25, 0.3) is 0 Å². The second-order valence-electron chi connectivity index (χ2n) is 7.15. The van der Waals surface area contributed by atoms with Crippen LogP contribution in [0, 0.1) is 11.3 Å². The number of aliphatic imine (C=N–C) groups is 1. The Morgan fingerprint density at radius 3 is 2.34 bits per heavy atom. The normalized spacial score (nSPS) is 23.0. The van der Waals surface area contributed by atoms with Gasteiger partial charge in [-0.15, -0.1) is 0 Å². The van der Waals surface area contributed by atoms with E-state index in [-0.39, 0.29) is 11.5 Å². The molecule has 1 aromatic carbocycles. The number of nitrogens with one attached hydrogen (secondary N) is 1. The number of hydrogen-bond acceptors (Lipinski definition) is 4. The second-order valence-corrected chi connectivity index (χ2v) is 7.15. The van der Waals surface area contributed by atoms with Gasteiger partial charge in [0.05, 0.1) is 22.9 Å². The van der Waals surface area contributed by atoms with Gasteiger partial charge in [0, 0.05) is 19.5 Å². The van der Waals surface area contributed by atoms with Crippen LogP contribution in [-0.2, 0) is 6.18 Å². The van der Waals surface area contributed by atoms with E-state index in [1.807, 2.05) is 0 Å². The fraction of sp³-hybridized carbons (Fsp3) is 0.500. The molecule has 0 bridgehead atoms. The number of nitrogens with zero attached hydrogens (tertiary/aromatic N) is 4. The van der Waals surface area contributed by atoms with Crippen LogP contribution in [0.3, 0.4) is 0 Å². The van der Waals surface area contributed by atoms with E-state index >= 15 is 0 Å². The predicted octanol–water partition coefficient (Wildman–Crippen LogP) is 4.37. The minimum Gasteiger partial charge on any atom is -0.358 e. The molecule has 1 unspecified atom stereocenters. The Balaban J connectivity index is 2.03. The maximum absolute atomic E-state index is 13.2. The summed E-state index contributed by atoms with van der Waals surface area (Å²) in [5.74, 6) is 0.191. The molecule has 5 nitrogen and oxygen atoms in total. The number of likely N-dealkylation sites (tertiary alicyclic amines) is 1. The molecule has 0 amide bonds. The average molecular weight is 417 g/mol. The molecule has 3 rings (SSSR count). The maximum atomic E-state index is 13.2. The van der Waals surface area contributed by atoms with Crippen LogP contribution >= 0.6 is 0 Å². The Labute approximate surface area is 162 Å². The third-order valence-electron chi connectivity index (χ3n) is 4.85. The quantitative estimate of drug-likeness (QED) is 0.442. The highest BCUT2D eigenvalue weighted by Crippen LogP contribution is 2.36. The first-order chi connectivity index (χ1) is 13.4. The van der Waals surface area contributed by atoms with Gasteiger partial charge in [-0.1, -0.05) is 0 Å². The lowest BCUT2D eigenvalue weighted by Gasteiger charge is -2.33. The minimum atomic E-state index is -4.76. The first kappa shape index (κ1) is 21.0. The van der Waals surface area contributed by atoms with Crippen molar-refractivity contribution in [3.63, 3.8) is 0 Å². The van der Waals surface area contributed by atoms with E-state index in [0.29, 0.717) is 13.1 Å². The summed E-state index contributed by atoms with van der Waals surface area (Å²) in [7, 11) is 0. The van der Waals surface area contributed by atoms with Gasteiger partial charge < -0.3 is 4.90 Å². The van der Waals surface area contributed by atoms with Crippen LogP contribution in [0.2, 0.25) is 0 Å². The molecule has 29 heavy (non-hydrogen) atoms. The Hall–Kier alpha value is -2.77. The summed E-state index contributed by atoms with van der Waals surface area (Å²) in [4.78, 5) is 6.05. The molecule has 2 aliphatic rings. The van der Waals surface area contributed by atoms with Crippen LogP contribution in [-0.4, -0.2) is 41.3 Å². The Bertz CT molecular complexity index is 889. The third kappa shape index (κ3) is 4.31. The molecule has 2 heterocycles. The molecule has 0 spiro atoms. The first-order valence-corrected chi connectivity index (χ1v) is 8.80. The standard InChI is InChI=1S/C18H17F6N5/c1-16(9-14(27-28-16)18(22,23)24)15(29-6-2-3-7-29)26-12-5-4-11(10-25)13(8-12)17(19,20)21/h4-5,8,28H,2-3,6-7,9H2,1H3/b26-15-. The predicted molar refractivity (Wildman–Crippen MR) is 93.7 cm³/mol.